The fourth-order valence-corrected chi connectivity index (χ4v) is 6.15. The van der Waals surface area contributed by atoms with E-state index >= 15 is 0 Å². The van der Waals surface area contributed by atoms with Crippen molar-refractivity contribution >= 4 is 15.7 Å². The van der Waals surface area contributed by atoms with Gasteiger partial charge in [-0.1, -0.05) is 19.9 Å². The van der Waals surface area contributed by atoms with Crippen molar-refractivity contribution in [3.63, 3.8) is 0 Å². The summed E-state index contributed by atoms with van der Waals surface area (Å²) in [6.45, 7) is 5.78. The number of nitrogens with one attached hydrogen (secondary N) is 1. The minimum atomic E-state index is -3.12. The van der Waals surface area contributed by atoms with E-state index in [4.69, 9.17) is 13.9 Å². The normalized spacial score (nSPS) is 20.4. The van der Waals surface area contributed by atoms with Gasteiger partial charge >= 0.3 is 0 Å². The Balaban J connectivity index is 1.48. The zero-order valence-corrected chi connectivity index (χ0v) is 20.0. The van der Waals surface area contributed by atoms with Crippen molar-refractivity contribution in [1.29, 1.82) is 0 Å². The molecule has 180 valence electrons. The summed E-state index contributed by atoms with van der Waals surface area (Å²) in [5.41, 5.74) is 1.02. The number of carbonyl (C=O) groups is 1. The van der Waals surface area contributed by atoms with Crippen molar-refractivity contribution < 1.29 is 27.1 Å². The lowest BCUT2D eigenvalue weighted by Gasteiger charge is -2.30. The van der Waals surface area contributed by atoms with Gasteiger partial charge in [-0.3, -0.25) is 4.79 Å². The molecule has 3 heterocycles. The molecule has 4 rings (SSSR count). The van der Waals surface area contributed by atoms with Crippen molar-refractivity contribution in [3.05, 3.63) is 47.9 Å². The minimum Gasteiger partial charge on any atom is -0.490 e. The average molecular weight is 477 g/mol. The molecule has 0 unspecified atom stereocenters. The average Bonchev–Trinajstić information content (AvgIpc) is 3.34. The number of ether oxygens (including phenoxy) is 2. The first-order valence-electron chi connectivity index (χ1n) is 11.5. The number of rotatable bonds is 8. The summed E-state index contributed by atoms with van der Waals surface area (Å²) < 4.78 is 41.1. The molecule has 0 aliphatic carbocycles. The van der Waals surface area contributed by atoms with Crippen molar-refractivity contribution in [3.8, 4) is 11.5 Å². The van der Waals surface area contributed by atoms with Crippen molar-refractivity contribution in [1.82, 2.24) is 10.2 Å². The number of hydrogen-bond acceptors (Lipinski definition) is 7. The Morgan fingerprint density at radius 3 is 2.64 bits per heavy atom. The van der Waals surface area contributed by atoms with Gasteiger partial charge in [0.25, 0.3) is 0 Å². The molecule has 2 aliphatic heterocycles. The highest BCUT2D eigenvalue weighted by Gasteiger charge is 2.35. The number of nitrogens with zero attached hydrogens (tertiary/aromatic N) is 1. The Kier molecular flexibility index (Phi) is 7.29. The minimum absolute atomic E-state index is 0.00474. The van der Waals surface area contributed by atoms with Gasteiger partial charge in [0.15, 0.2) is 21.3 Å². The summed E-state index contributed by atoms with van der Waals surface area (Å²) in [6, 6.07) is 9.04. The summed E-state index contributed by atoms with van der Waals surface area (Å²) in [5, 5.41) is 3.39. The Bertz CT molecular complexity index is 1050. The van der Waals surface area contributed by atoms with Gasteiger partial charge in [-0.25, -0.2) is 8.42 Å². The van der Waals surface area contributed by atoms with E-state index in [1.807, 2.05) is 18.2 Å². The second kappa shape index (κ2) is 10.2. The van der Waals surface area contributed by atoms with Gasteiger partial charge in [-0.05, 0) is 42.2 Å². The summed E-state index contributed by atoms with van der Waals surface area (Å²) in [4.78, 5) is 14.9. The zero-order valence-electron chi connectivity index (χ0n) is 19.2. The standard InChI is InChI=1S/C24H32N2O6S/c1-17(2)24(18-6-7-21-22(13-18)32-11-4-10-31-21)25-14-23(27)26(15-20-5-3-9-30-20)19-8-12-33(28,29)16-19/h3,5-7,9,13,17,19,24-25H,4,8,10-12,14-16H2,1-2H3/t19-,24+/m0/s1. The third-order valence-electron chi connectivity index (χ3n) is 6.15. The predicted molar refractivity (Wildman–Crippen MR) is 124 cm³/mol. The highest BCUT2D eigenvalue weighted by atomic mass is 32.2. The quantitative estimate of drug-likeness (QED) is 0.625. The molecule has 0 bridgehead atoms. The summed E-state index contributed by atoms with van der Waals surface area (Å²) in [7, 11) is -3.12. The fourth-order valence-electron chi connectivity index (χ4n) is 4.42. The highest BCUT2D eigenvalue weighted by Crippen LogP contribution is 2.34. The molecule has 2 aromatic rings. The maximum atomic E-state index is 13.3. The van der Waals surface area contributed by atoms with Crippen LogP contribution in [0.4, 0.5) is 0 Å². The van der Waals surface area contributed by atoms with Crippen LogP contribution >= 0.6 is 0 Å². The lowest BCUT2D eigenvalue weighted by atomic mass is 9.95. The van der Waals surface area contributed by atoms with Crippen LogP contribution in [0, 0.1) is 5.92 Å². The molecule has 1 amide bonds. The first kappa shape index (κ1) is 23.6. The van der Waals surface area contributed by atoms with E-state index in [-0.39, 0.29) is 48.5 Å². The fraction of sp³-hybridized carbons (Fsp3) is 0.542. The molecule has 0 radical (unpaired) electrons. The molecule has 0 spiro atoms. The highest BCUT2D eigenvalue weighted by molar-refractivity contribution is 7.91. The van der Waals surface area contributed by atoms with E-state index in [9.17, 15) is 13.2 Å². The topological polar surface area (TPSA) is 98.1 Å². The molecule has 2 aliphatic rings. The molecule has 33 heavy (non-hydrogen) atoms. The molecule has 1 aromatic carbocycles. The number of fused-ring (bicyclic) bond motifs is 1. The number of carbonyl (C=O) groups excluding carboxylic acids is 1. The third kappa shape index (κ3) is 5.89. The Morgan fingerprint density at radius 2 is 1.97 bits per heavy atom. The molecular weight excluding hydrogens is 444 g/mol. The van der Waals surface area contributed by atoms with E-state index in [1.165, 1.54) is 0 Å². The second-order valence-corrected chi connectivity index (χ2v) is 11.2. The summed E-state index contributed by atoms with van der Waals surface area (Å²) >= 11 is 0. The predicted octanol–water partition coefficient (Wildman–Crippen LogP) is 2.94. The first-order valence-corrected chi connectivity index (χ1v) is 13.3. The van der Waals surface area contributed by atoms with Gasteiger partial charge in [-0.2, -0.15) is 0 Å². The molecule has 2 atom stereocenters. The van der Waals surface area contributed by atoms with E-state index in [1.54, 1.807) is 23.3 Å². The number of benzene rings is 1. The van der Waals surface area contributed by atoms with Crippen molar-refractivity contribution in [2.24, 2.45) is 5.92 Å². The van der Waals surface area contributed by atoms with Gasteiger partial charge in [0.05, 0.1) is 44.1 Å². The smallest absolute Gasteiger partial charge is 0.237 e. The second-order valence-electron chi connectivity index (χ2n) is 9.02. The monoisotopic (exact) mass is 476 g/mol. The number of furan rings is 1. The number of sulfone groups is 1. The van der Waals surface area contributed by atoms with Crippen LogP contribution in [0.2, 0.25) is 0 Å². The van der Waals surface area contributed by atoms with Gasteiger partial charge in [0.2, 0.25) is 5.91 Å². The van der Waals surface area contributed by atoms with Crippen LogP contribution in [-0.4, -0.2) is 56.5 Å². The largest absolute Gasteiger partial charge is 0.490 e. The molecule has 1 N–H and O–H groups in total. The molecule has 8 nitrogen and oxygen atoms in total. The summed E-state index contributed by atoms with van der Waals surface area (Å²) in [6.07, 6.45) is 2.85. The lowest BCUT2D eigenvalue weighted by Crippen LogP contribution is -2.45. The van der Waals surface area contributed by atoms with Crippen LogP contribution in [-0.2, 0) is 21.2 Å². The first-order chi connectivity index (χ1) is 15.8. The van der Waals surface area contributed by atoms with E-state index < -0.39 is 9.84 Å². The molecule has 9 heteroatoms. The SMILES string of the molecule is CC(C)[C@@H](NCC(=O)N(Cc1ccco1)[C@H]1CCS(=O)(=O)C1)c1ccc2c(c1)OCCCO2. The van der Waals surface area contributed by atoms with E-state index in [2.05, 4.69) is 19.2 Å². The molecule has 1 aromatic heterocycles. The third-order valence-corrected chi connectivity index (χ3v) is 7.90. The lowest BCUT2D eigenvalue weighted by molar-refractivity contribution is -0.133. The Morgan fingerprint density at radius 1 is 1.18 bits per heavy atom. The van der Waals surface area contributed by atoms with Crippen LogP contribution in [0.5, 0.6) is 11.5 Å². The maximum Gasteiger partial charge on any atom is 0.237 e. The Hall–Kier alpha value is -2.52. The number of hydrogen-bond donors (Lipinski definition) is 1. The molecule has 0 saturated carbocycles. The zero-order chi connectivity index (χ0) is 23.4. The molecule has 1 fully saturated rings. The van der Waals surface area contributed by atoms with E-state index in [0.29, 0.717) is 25.4 Å². The van der Waals surface area contributed by atoms with Crippen LogP contribution in [0.15, 0.2) is 41.0 Å². The van der Waals surface area contributed by atoms with Gasteiger partial charge in [0, 0.05) is 18.5 Å². The van der Waals surface area contributed by atoms with E-state index in [0.717, 1.165) is 23.5 Å². The van der Waals surface area contributed by atoms with Crippen LogP contribution in [0.3, 0.4) is 0 Å². The van der Waals surface area contributed by atoms with Gasteiger partial charge in [-0.15, -0.1) is 0 Å². The van der Waals surface area contributed by atoms with Crippen molar-refractivity contribution in [2.75, 3.05) is 31.3 Å². The van der Waals surface area contributed by atoms with Crippen LogP contribution in [0.1, 0.15) is 44.1 Å². The van der Waals surface area contributed by atoms with Gasteiger partial charge < -0.3 is 24.1 Å². The molecular formula is C24H32N2O6S. The Labute approximate surface area is 195 Å². The van der Waals surface area contributed by atoms with Crippen LogP contribution in [0.25, 0.3) is 0 Å². The van der Waals surface area contributed by atoms with Gasteiger partial charge in [0.1, 0.15) is 5.76 Å². The van der Waals surface area contributed by atoms with Crippen LogP contribution < -0.4 is 14.8 Å². The van der Waals surface area contributed by atoms with Crippen molar-refractivity contribution in [2.45, 2.75) is 45.3 Å². The number of amides is 1. The summed E-state index contributed by atoms with van der Waals surface area (Å²) in [5.74, 6) is 2.27. The molecule has 1 saturated heterocycles. The maximum absolute atomic E-state index is 13.3.